The number of benzene rings is 2. The van der Waals surface area contributed by atoms with Crippen LogP contribution in [0.15, 0.2) is 71.5 Å². The fourth-order valence-corrected chi connectivity index (χ4v) is 3.03. The zero-order valence-electron chi connectivity index (χ0n) is 13.4. The molecule has 0 fully saturated rings. The number of fused-ring (bicyclic) bond motifs is 1. The summed E-state index contributed by atoms with van der Waals surface area (Å²) < 4.78 is 1.54. The second kappa shape index (κ2) is 5.81. The highest BCUT2D eigenvalue weighted by Gasteiger charge is 2.16. The molecule has 0 radical (unpaired) electrons. The Bertz CT molecular complexity index is 1050. The molecular formula is C20H17N3O. The molecule has 2 aromatic carbocycles. The van der Waals surface area contributed by atoms with E-state index in [1.165, 1.54) is 10.1 Å². The standard InChI is InChI=1S/C20H17N3O/c1-14-12-18(24)23-20(21-14)19(16-10-6-3-7-11-16)17(22-23)13-15-8-4-2-5-9-15/h2-12,22H,13H2,1H3. The number of aromatic amines is 1. The molecule has 118 valence electrons. The van der Waals surface area contributed by atoms with E-state index in [0.717, 1.165) is 22.5 Å². The maximum atomic E-state index is 12.3. The van der Waals surface area contributed by atoms with Gasteiger partial charge in [0, 0.05) is 29.4 Å². The minimum atomic E-state index is -0.0889. The van der Waals surface area contributed by atoms with Gasteiger partial charge in [0.15, 0.2) is 5.65 Å². The van der Waals surface area contributed by atoms with E-state index in [0.29, 0.717) is 12.1 Å². The Morgan fingerprint density at radius 1 is 1.00 bits per heavy atom. The predicted octanol–water partition coefficient (Wildman–Crippen LogP) is 3.59. The van der Waals surface area contributed by atoms with Gasteiger partial charge in [0.1, 0.15) is 0 Å². The molecule has 0 saturated heterocycles. The van der Waals surface area contributed by atoms with E-state index in [-0.39, 0.29) is 5.56 Å². The lowest BCUT2D eigenvalue weighted by Crippen LogP contribution is -2.14. The molecule has 0 saturated carbocycles. The number of aryl methyl sites for hydroxylation is 1. The first kappa shape index (κ1) is 14.5. The maximum Gasteiger partial charge on any atom is 0.272 e. The second-order valence-electron chi connectivity index (χ2n) is 5.89. The molecule has 0 amide bonds. The number of hydrogen-bond acceptors (Lipinski definition) is 2. The fraction of sp³-hybridized carbons (Fsp3) is 0.100. The number of nitrogens with one attached hydrogen (secondary N) is 1. The fourth-order valence-electron chi connectivity index (χ4n) is 3.03. The first-order valence-corrected chi connectivity index (χ1v) is 7.93. The van der Waals surface area contributed by atoms with Crippen molar-refractivity contribution in [3.8, 4) is 11.1 Å². The summed E-state index contributed by atoms with van der Waals surface area (Å²) in [5.41, 5.74) is 5.53. The van der Waals surface area contributed by atoms with Crippen LogP contribution in [0.3, 0.4) is 0 Å². The van der Waals surface area contributed by atoms with Gasteiger partial charge in [-0.2, -0.15) is 0 Å². The van der Waals surface area contributed by atoms with E-state index in [1.807, 2.05) is 55.5 Å². The second-order valence-corrected chi connectivity index (χ2v) is 5.89. The van der Waals surface area contributed by atoms with Gasteiger partial charge in [-0.3, -0.25) is 9.89 Å². The SMILES string of the molecule is Cc1cc(=O)n2[nH]c(Cc3ccccc3)c(-c3ccccc3)c2n1. The van der Waals surface area contributed by atoms with Crippen molar-refractivity contribution in [1.29, 1.82) is 0 Å². The third-order valence-electron chi connectivity index (χ3n) is 4.11. The summed E-state index contributed by atoms with van der Waals surface area (Å²) in [5, 5.41) is 3.25. The lowest BCUT2D eigenvalue weighted by molar-refractivity contribution is 0.859. The monoisotopic (exact) mass is 315 g/mol. The largest absolute Gasteiger partial charge is 0.293 e. The molecule has 0 bridgehead atoms. The minimum absolute atomic E-state index is 0.0889. The van der Waals surface area contributed by atoms with E-state index in [4.69, 9.17) is 0 Å². The van der Waals surface area contributed by atoms with Crippen molar-refractivity contribution in [3.63, 3.8) is 0 Å². The zero-order valence-corrected chi connectivity index (χ0v) is 13.4. The minimum Gasteiger partial charge on any atom is -0.293 e. The molecular weight excluding hydrogens is 298 g/mol. The van der Waals surface area contributed by atoms with Crippen LogP contribution in [0.5, 0.6) is 0 Å². The summed E-state index contributed by atoms with van der Waals surface area (Å²) in [4.78, 5) is 16.9. The summed E-state index contributed by atoms with van der Waals surface area (Å²) in [6, 6.07) is 21.8. The van der Waals surface area contributed by atoms with Crippen LogP contribution in [-0.2, 0) is 6.42 Å². The number of H-pyrrole nitrogens is 1. The van der Waals surface area contributed by atoms with E-state index in [2.05, 4.69) is 22.2 Å². The lowest BCUT2D eigenvalue weighted by Gasteiger charge is -2.04. The molecule has 4 rings (SSSR count). The first-order valence-electron chi connectivity index (χ1n) is 7.93. The van der Waals surface area contributed by atoms with Gasteiger partial charge >= 0.3 is 0 Å². The van der Waals surface area contributed by atoms with Crippen molar-refractivity contribution in [2.24, 2.45) is 0 Å². The predicted molar refractivity (Wildman–Crippen MR) is 95.2 cm³/mol. The molecule has 0 unspecified atom stereocenters. The molecule has 1 N–H and O–H groups in total. The van der Waals surface area contributed by atoms with E-state index in [1.54, 1.807) is 6.07 Å². The van der Waals surface area contributed by atoms with E-state index in [9.17, 15) is 4.79 Å². The van der Waals surface area contributed by atoms with Gasteiger partial charge in [0.2, 0.25) is 0 Å². The van der Waals surface area contributed by atoms with Crippen LogP contribution in [0.1, 0.15) is 17.0 Å². The topological polar surface area (TPSA) is 50.2 Å². The van der Waals surface area contributed by atoms with Crippen LogP contribution in [0, 0.1) is 6.92 Å². The van der Waals surface area contributed by atoms with Crippen molar-refractivity contribution in [3.05, 3.63) is 94.0 Å². The molecule has 24 heavy (non-hydrogen) atoms. The van der Waals surface area contributed by atoms with Crippen molar-refractivity contribution in [2.45, 2.75) is 13.3 Å². The highest BCUT2D eigenvalue weighted by molar-refractivity contribution is 5.80. The van der Waals surface area contributed by atoms with Gasteiger partial charge in [-0.25, -0.2) is 9.50 Å². The lowest BCUT2D eigenvalue weighted by atomic mass is 10.0. The summed E-state index contributed by atoms with van der Waals surface area (Å²) in [6.45, 7) is 1.85. The molecule has 4 nitrogen and oxygen atoms in total. The van der Waals surface area contributed by atoms with Gasteiger partial charge in [0.05, 0.1) is 0 Å². The van der Waals surface area contributed by atoms with Crippen LogP contribution < -0.4 is 5.56 Å². The third-order valence-corrected chi connectivity index (χ3v) is 4.11. The molecule has 4 heteroatoms. The van der Waals surface area contributed by atoms with Crippen LogP contribution in [-0.4, -0.2) is 14.6 Å². The average Bonchev–Trinajstić information content (AvgIpc) is 2.95. The molecule has 2 heterocycles. The maximum absolute atomic E-state index is 12.3. The van der Waals surface area contributed by atoms with Crippen LogP contribution >= 0.6 is 0 Å². The molecule has 2 aromatic heterocycles. The van der Waals surface area contributed by atoms with Gasteiger partial charge in [-0.1, -0.05) is 60.7 Å². The number of hydrogen-bond donors (Lipinski definition) is 1. The van der Waals surface area contributed by atoms with Crippen LogP contribution in [0.2, 0.25) is 0 Å². The summed E-state index contributed by atoms with van der Waals surface area (Å²) in [5.74, 6) is 0. The molecule has 0 aliphatic heterocycles. The quantitative estimate of drug-likeness (QED) is 0.628. The zero-order chi connectivity index (χ0) is 16.5. The van der Waals surface area contributed by atoms with Crippen molar-refractivity contribution >= 4 is 5.65 Å². The molecule has 0 atom stereocenters. The molecule has 0 aliphatic carbocycles. The Labute approximate surface area is 139 Å². The van der Waals surface area contributed by atoms with Gasteiger partial charge in [0.25, 0.3) is 5.56 Å². The summed E-state index contributed by atoms with van der Waals surface area (Å²) >= 11 is 0. The number of aromatic nitrogens is 3. The smallest absolute Gasteiger partial charge is 0.272 e. The Morgan fingerprint density at radius 3 is 2.38 bits per heavy atom. The van der Waals surface area contributed by atoms with E-state index >= 15 is 0 Å². The first-order chi connectivity index (χ1) is 11.7. The summed E-state index contributed by atoms with van der Waals surface area (Å²) in [7, 11) is 0. The van der Waals surface area contributed by atoms with Crippen LogP contribution in [0.4, 0.5) is 0 Å². The summed E-state index contributed by atoms with van der Waals surface area (Å²) in [6.07, 6.45) is 0.715. The highest BCUT2D eigenvalue weighted by atomic mass is 16.1. The van der Waals surface area contributed by atoms with Crippen LogP contribution in [0.25, 0.3) is 16.8 Å². The highest BCUT2D eigenvalue weighted by Crippen LogP contribution is 2.28. The molecule has 4 aromatic rings. The molecule has 0 spiro atoms. The Kier molecular flexibility index (Phi) is 3.50. The van der Waals surface area contributed by atoms with Crippen molar-refractivity contribution in [2.75, 3.05) is 0 Å². The molecule has 0 aliphatic rings. The average molecular weight is 315 g/mol. The third kappa shape index (κ3) is 2.52. The van der Waals surface area contributed by atoms with Crippen molar-refractivity contribution in [1.82, 2.24) is 14.6 Å². The Balaban J connectivity index is 1.98. The van der Waals surface area contributed by atoms with Crippen molar-refractivity contribution < 1.29 is 0 Å². The Hall–Kier alpha value is -3.14. The van der Waals surface area contributed by atoms with Gasteiger partial charge < -0.3 is 0 Å². The van der Waals surface area contributed by atoms with Gasteiger partial charge in [-0.15, -0.1) is 0 Å². The van der Waals surface area contributed by atoms with E-state index < -0.39 is 0 Å². The van der Waals surface area contributed by atoms with Gasteiger partial charge in [-0.05, 0) is 18.1 Å². The Morgan fingerprint density at radius 2 is 1.67 bits per heavy atom. The normalized spacial score (nSPS) is 11.0. The number of nitrogens with zero attached hydrogens (tertiary/aromatic N) is 2. The number of rotatable bonds is 3.